The molecule has 0 aliphatic rings. The molecule has 2 aromatic carbocycles. The summed E-state index contributed by atoms with van der Waals surface area (Å²) in [7, 11) is 0. The van der Waals surface area contributed by atoms with Crippen LogP contribution in [-0.4, -0.2) is 16.7 Å². The molecular formula is C17H14FN3O4. The molecule has 8 heteroatoms. The van der Waals surface area contributed by atoms with Crippen LogP contribution in [0.25, 0.3) is 6.08 Å². The molecule has 2 aromatic rings. The van der Waals surface area contributed by atoms with E-state index in [1.165, 1.54) is 55.5 Å². The van der Waals surface area contributed by atoms with Gasteiger partial charge < -0.3 is 10.6 Å². The standard InChI is InChI=1S/C17H14FN3O4/c1-11(22)19-16(10-12-3-2-4-15(9-12)21(24)25)17(23)20-14-7-5-13(18)6-8-14/h2-10H,1H3,(H,19,22)(H,20,23)/b16-10-. The second kappa shape index (κ2) is 7.82. The number of nitrogens with zero attached hydrogens (tertiary/aromatic N) is 1. The van der Waals surface area contributed by atoms with E-state index in [2.05, 4.69) is 10.6 Å². The zero-order valence-electron chi connectivity index (χ0n) is 13.2. The largest absolute Gasteiger partial charge is 0.322 e. The molecule has 2 amide bonds. The molecule has 0 aromatic heterocycles. The Bertz CT molecular complexity index is 847. The predicted molar refractivity (Wildman–Crippen MR) is 89.9 cm³/mol. The maximum Gasteiger partial charge on any atom is 0.272 e. The molecule has 0 atom stereocenters. The summed E-state index contributed by atoms with van der Waals surface area (Å²) in [6.45, 7) is 1.23. The SMILES string of the molecule is CC(=O)N/C(=C\c1cccc([N+](=O)[O-])c1)C(=O)Nc1ccc(F)cc1. The first-order chi connectivity index (χ1) is 11.8. The number of non-ortho nitro benzene ring substituents is 1. The zero-order chi connectivity index (χ0) is 18.4. The second-order valence-corrected chi connectivity index (χ2v) is 5.05. The molecule has 7 nitrogen and oxygen atoms in total. The summed E-state index contributed by atoms with van der Waals surface area (Å²) in [5, 5.41) is 15.7. The summed E-state index contributed by atoms with van der Waals surface area (Å²) in [6, 6.07) is 10.7. The molecule has 0 fully saturated rings. The van der Waals surface area contributed by atoms with Crippen LogP contribution < -0.4 is 10.6 Å². The second-order valence-electron chi connectivity index (χ2n) is 5.05. The van der Waals surface area contributed by atoms with Crippen molar-refractivity contribution in [2.75, 3.05) is 5.32 Å². The number of rotatable bonds is 5. The molecule has 25 heavy (non-hydrogen) atoms. The predicted octanol–water partition coefficient (Wildman–Crippen LogP) is 2.85. The van der Waals surface area contributed by atoms with Crippen molar-refractivity contribution in [1.82, 2.24) is 5.32 Å². The van der Waals surface area contributed by atoms with Crippen LogP contribution in [0.5, 0.6) is 0 Å². The van der Waals surface area contributed by atoms with E-state index in [4.69, 9.17) is 0 Å². The van der Waals surface area contributed by atoms with Gasteiger partial charge in [-0.2, -0.15) is 0 Å². The van der Waals surface area contributed by atoms with Gasteiger partial charge in [-0.05, 0) is 35.9 Å². The topological polar surface area (TPSA) is 101 Å². The summed E-state index contributed by atoms with van der Waals surface area (Å²) >= 11 is 0. The zero-order valence-corrected chi connectivity index (χ0v) is 13.2. The van der Waals surface area contributed by atoms with Crippen molar-refractivity contribution < 1.29 is 18.9 Å². The lowest BCUT2D eigenvalue weighted by molar-refractivity contribution is -0.384. The molecule has 0 aliphatic carbocycles. The number of hydrogen-bond acceptors (Lipinski definition) is 4. The van der Waals surface area contributed by atoms with Gasteiger partial charge in [-0.25, -0.2) is 4.39 Å². The fraction of sp³-hybridized carbons (Fsp3) is 0.0588. The molecule has 0 saturated carbocycles. The first-order valence-corrected chi connectivity index (χ1v) is 7.16. The Morgan fingerprint density at radius 2 is 1.84 bits per heavy atom. The Labute approximate surface area is 142 Å². The van der Waals surface area contributed by atoms with Crippen molar-refractivity contribution in [3.63, 3.8) is 0 Å². The number of hydrogen-bond donors (Lipinski definition) is 2. The summed E-state index contributed by atoms with van der Waals surface area (Å²) in [6.07, 6.45) is 1.31. The van der Waals surface area contributed by atoms with Crippen molar-refractivity contribution in [3.8, 4) is 0 Å². The summed E-state index contributed by atoms with van der Waals surface area (Å²) in [5.74, 6) is -1.58. The summed E-state index contributed by atoms with van der Waals surface area (Å²) in [5.41, 5.74) is 0.459. The minimum Gasteiger partial charge on any atom is -0.322 e. The van der Waals surface area contributed by atoms with E-state index in [9.17, 15) is 24.1 Å². The third-order valence-corrected chi connectivity index (χ3v) is 3.05. The van der Waals surface area contributed by atoms with E-state index in [0.717, 1.165) is 0 Å². The number of nitro groups is 1. The molecule has 128 valence electrons. The first kappa shape index (κ1) is 17.8. The third-order valence-electron chi connectivity index (χ3n) is 3.05. The van der Waals surface area contributed by atoms with E-state index in [-0.39, 0.29) is 11.4 Å². The molecule has 0 radical (unpaired) electrons. The molecule has 2 rings (SSSR count). The fourth-order valence-electron chi connectivity index (χ4n) is 1.97. The highest BCUT2D eigenvalue weighted by Crippen LogP contribution is 2.16. The van der Waals surface area contributed by atoms with Gasteiger partial charge in [0.25, 0.3) is 11.6 Å². The van der Waals surface area contributed by atoms with Gasteiger partial charge >= 0.3 is 0 Å². The van der Waals surface area contributed by atoms with Crippen LogP contribution in [0, 0.1) is 15.9 Å². The molecule has 2 N–H and O–H groups in total. The Kier molecular flexibility index (Phi) is 5.57. The Balaban J connectivity index is 2.29. The van der Waals surface area contributed by atoms with Gasteiger partial charge in [-0.3, -0.25) is 19.7 Å². The van der Waals surface area contributed by atoms with Crippen LogP contribution >= 0.6 is 0 Å². The number of benzene rings is 2. The highest BCUT2D eigenvalue weighted by Gasteiger charge is 2.13. The molecule has 0 spiro atoms. The summed E-state index contributed by atoms with van der Waals surface area (Å²) < 4.78 is 12.9. The van der Waals surface area contributed by atoms with Crippen LogP contribution in [0.4, 0.5) is 15.8 Å². The lowest BCUT2D eigenvalue weighted by Crippen LogP contribution is -2.28. The smallest absolute Gasteiger partial charge is 0.272 e. The van der Waals surface area contributed by atoms with Gasteiger partial charge in [0.1, 0.15) is 11.5 Å². The molecule has 0 aliphatic heterocycles. The van der Waals surface area contributed by atoms with E-state index in [0.29, 0.717) is 11.3 Å². The van der Waals surface area contributed by atoms with Crippen LogP contribution in [0.1, 0.15) is 12.5 Å². The molecule has 0 bridgehead atoms. The van der Waals surface area contributed by atoms with Crippen LogP contribution in [0.3, 0.4) is 0 Å². The monoisotopic (exact) mass is 343 g/mol. The Hall–Kier alpha value is -3.55. The third kappa shape index (κ3) is 5.24. The van der Waals surface area contributed by atoms with Gasteiger partial charge in [0.2, 0.25) is 5.91 Å². The van der Waals surface area contributed by atoms with Gasteiger partial charge in [0, 0.05) is 24.7 Å². The van der Waals surface area contributed by atoms with E-state index in [1.807, 2.05) is 0 Å². The Morgan fingerprint density at radius 3 is 2.44 bits per heavy atom. The quantitative estimate of drug-likeness (QED) is 0.495. The molecular weight excluding hydrogens is 329 g/mol. The fourth-order valence-corrected chi connectivity index (χ4v) is 1.97. The Morgan fingerprint density at radius 1 is 1.16 bits per heavy atom. The van der Waals surface area contributed by atoms with Crippen molar-refractivity contribution in [1.29, 1.82) is 0 Å². The van der Waals surface area contributed by atoms with Gasteiger partial charge in [-0.15, -0.1) is 0 Å². The van der Waals surface area contributed by atoms with Crippen LogP contribution in [0.2, 0.25) is 0 Å². The van der Waals surface area contributed by atoms with Gasteiger partial charge in [0.05, 0.1) is 4.92 Å². The number of anilines is 1. The summed E-state index contributed by atoms with van der Waals surface area (Å²) in [4.78, 5) is 33.9. The van der Waals surface area contributed by atoms with Crippen LogP contribution in [-0.2, 0) is 9.59 Å². The number of nitro benzene ring substituents is 1. The average molecular weight is 343 g/mol. The maximum atomic E-state index is 12.9. The number of nitrogens with one attached hydrogen (secondary N) is 2. The van der Waals surface area contributed by atoms with E-state index in [1.54, 1.807) is 6.07 Å². The highest BCUT2D eigenvalue weighted by atomic mass is 19.1. The minimum absolute atomic E-state index is 0.0997. The average Bonchev–Trinajstić information content (AvgIpc) is 2.56. The maximum absolute atomic E-state index is 12.9. The highest BCUT2D eigenvalue weighted by molar-refractivity contribution is 6.08. The lowest BCUT2D eigenvalue weighted by Gasteiger charge is -2.10. The van der Waals surface area contributed by atoms with Crippen LogP contribution in [0.15, 0.2) is 54.2 Å². The first-order valence-electron chi connectivity index (χ1n) is 7.16. The van der Waals surface area contributed by atoms with Crippen molar-refractivity contribution >= 4 is 29.3 Å². The van der Waals surface area contributed by atoms with Crippen molar-refractivity contribution in [2.24, 2.45) is 0 Å². The van der Waals surface area contributed by atoms with Gasteiger partial charge in [-0.1, -0.05) is 12.1 Å². The normalized spacial score (nSPS) is 10.9. The number of carbonyl (C=O) groups excluding carboxylic acids is 2. The molecule has 0 unspecified atom stereocenters. The minimum atomic E-state index is -0.645. The lowest BCUT2D eigenvalue weighted by atomic mass is 10.1. The van der Waals surface area contributed by atoms with Crippen molar-refractivity contribution in [3.05, 3.63) is 75.7 Å². The molecule has 0 saturated heterocycles. The van der Waals surface area contributed by atoms with Crippen molar-refractivity contribution in [2.45, 2.75) is 6.92 Å². The number of carbonyl (C=O) groups is 2. The van der Waals surface area contributed by atoms with Gasteiger partial charge in [0.15, 0.2) is 0 Å². The molecule has 0 heterocycles. The van der Waals surface area contributed by atoms with E-state index < -0.39 is 22.6 Å². The van der Waals surface area contributed by atoms with E-state index >= 15 is 0 Å². The number of amides is 2. The number of halogens is 1.